The fourth-order valence-corrected chi connectivity index (χ4v) is 3.46. The van der Waals surface area contributed by atoms with Crippen molar-refractivity contribution in [2.24, 2.45) is 5.73 Å². The first-order valence-corrected chi connectivity index (χ1v) is 8.55. The molecule has 3 N–H and O–H groups in total. The lowest BCUT2D eigenvalue weighted by Gasteiger charge is -2.33. The number of rotatable bonds is 3. The van der Waals surface area contributed by atoms with E-state index in [9.17, 15) is 4.79 Å². The highest BCUT2D eigenvalue weighted by molar-refractivity contribution is 9.10. The van der Waals surface area contributed by atoms with E-state index in [0.29, 0.717) is 50.8 Å². The van der Waals surface area contributed by atoms with Gasteiger partial charge in [0, 0.05) is 17.7 Å². The van der Waals surface area contributed by atoms with Crippen LogP contribution in [0.25, 0.3) is 0 Å². The quantitative estimate of drug-likeness (QED) is 0.831. The number of carbonyl (C=O) groups is 1. The summed E-state index contributed by atoms with van der Waals surface area (Å²) in [6, 6.07) is 3.58. The first kappa shape index (κ1) is 16.5. The monoisotopic (exact) mass is 384 g/mol. The topological polar surface area (TPSA) is 82.8 Å². The van der Waals surface area contributed by atoms with Gasteiger partial charge in [0.15, 0.2) is 11.5 Å². The molecular formula is C16H21BrN2O4. The van der Waals surface area contributed by atoms with Gasteiger partial charge in [0.2, 0.25) is 5.91 Å². The number of halogens is 1. The molecule has 1 amide bonds. The number of hydrogen-bond acceptors (Lipinski definition) is 5. The molecule has 6 nitrogen and oxygen atoms in total. The van der Waals surface area contributed by atoms with E-state index in [-0.39, 0.29) is 11.9 Å². The van der Waals surface area contributed by atoms with Crippen LogP contribution in [0.5, 0.6) is 11.5 Å². The molecule has 0 bridgehead atoms. The summed E-state index contributed by atoms with van der Waals surface area (Å²) in [5, 5.41) is 3.01. The summed E-state index contributed by atoms with van der Waals surface area (Å²) in [5.74, 6) is 1.27. The molecule has 1 fully saturated rings. The first-order chi connectivity index (χ1) is 11.0. The van der Waals surface area contributed by atoms with Crippen molar-refractivity contribution in [3.63, 3.8) is 0 Å². The lowest BCUT2D eigenvalue weighted by molar-refractivity contribution is -0.130. The number of nitrogens with one attached hydrogen (secondary N) is 1. The molecule has 0 spiro atoms. The molecule has 23 heavy (non-hydrogen) atoms. The van der Waals surface area contributed by atoms with Crippen molar-refractivity contribution in [2.75, 3.05) is 26.4 Å². The number of nitrogens with two attached hydrogens (primary N) is 1. The molecule has 2 aliphatic rings. The zero-order valence-electron chi connectivity index (χ0n) is 13.1. The predicted octanol–water partition coefficient (Wildman–Crippen LogP) is 1.91. The van der Waals surface area contributed by atoms with E-state index < -0.39 is 5.54 Å². The Morgan fingerprint density at radius 2 is 1.83 bits per heavy atom. The van der Waals surface area contributed by atoms with E-state index in [1.165, 1.54) is 0 Å². The van der Waals surface area contributed by atoms with Crippen LogP contribution in [0.15, 0.2) is 16.6 Å². The van der Waals surface area contributed by atoms with Crippen LogP contribution in [-0.2, 0) is 9.53 Å². The molecule has 1 aromatic rings. The van der Waals surface area contributed by atoms with E-state index in [2.05, 4.69) is 21.2 Å². The van der Waals surface area contributed by atoms with Gasteiger partial charge in [-0.1, -0.05) is 15.9 Å². The second kappa shape index (κ2) is 6.67. The van der Waals surface area contributed by atoms with Crippen LogP contribution in [0.4, 0.5) is 0 Å². The predicted molar refractivity (Wildman–Crippen MR) is 88.7 cm³/mol. The number of carbonyl (C=O) groups excluding carboxylic acids is 1. The van der Waals surface area contributed by atoms with Crippen LogP contribution in [0.3, 0.4) is 0 Å². The molecule has 0 saturated carbocycles. The minimum atomic E-state index is -0.854. The Balaban J connectivity index is 1.75. The van der Waals surface area contributed by atoms with E-state index in [0.717, 1.165) is 10.0 Å². The SMILES string of the molecule is CC(NC(=O)C1(N)CCOCC1)c1cc2c(cc1Br)OCCO2. The minimum Gasteiger partial charge on any atom is -0.486 e. The number of hydrogen-bond donors (Lipinski definition) is 2. The zero-order valence-corrected chi connectivity index (χ0v) is 14.6. The molecule has 7 heteroatoms. The molecule has 0 aliphatic carbocycles. The van der Waals surface area contributed by atoms with Crippen molar-refractivity contribution >= 4 is 21.8 Å². The van der Waals surface area contributed by atoms with Gasteiger partial charge in [0.1, 0.15) is 13.2 Å². The van der Waals surface area contributed by atoms with Gasteiger partial charge in [-0.3, -0.25) is 4.79 Å². The molecule has 1 atom stereocenters. The lowest BCUT2D eigenvalue weighted by atomic mass is 9.90. The Bertz CT molecular complexity index is 602. The minimum absolute atomic E-state index is 0.143. The molecule has 2 aliphatic heterocycles. The second-order valence-corrected chi connectivity index (χ2v) is 6.84. The van der Waals surface area contributed by atoms with Gasteiger partial charge in [-0.25, -0.2) is 0 Å². The van der Waals surface area contributed by atoms with Gasteiger partial charge in [-0.05, 0) is 37.5 Å². The Morgan fingerprint density at radius 3 is 2.48 bits per heavy atom. The van der Waals surface area contributed by atoms with Gasteiger partial charge in [-0.15, -0.1) is 0 Å². The normalized spacial score (nSPS) is 20.7. The van der Waals surface area contributed by atoms with E-state index in [1.54, 1.807) is 0 Å². The third-order valence-electron chi connectivity index (χ3n) is 4.31. The van der Waals surface area contributed by atoms with Gasteiger partial charge < -0.3 is 25.3 Å². The van der Waals surface area contributed by atoms with Crippen LogP contribution >= 0.6 is 15.9 Å². The molecular weight excluding hydrogens is 364 g/mol. The molecule has 0 aromatic heterocycles. The standard InChI is InChI=1S/C16H21BrN2O4/c1-10(19-15(20)16(18)2-4-21-5-3-16)11-8-13-14(9-12(11)17)23-7-6-22-13/h8-10H,2-7,18H2,1H3,(H,19,20). The summed E-state index contributed by atoms with van der Waals surface area (Å²) in [7, 11) is 0. The van der Waals surface area contributed by atoms with Crippen molar-refractivity contribution in [1.29, 1.82) is 0 Å². The fraction of sp³-hybridized carbons (Fsp3) is 0.562. The third kappa shape index (κ3) is 3.46. The van der Waals surface area contributed by atoms with Crippen LogP contribution in [-0.4, -0.2) is 37.9 Å². The van der Waals surface area contributed by atoms with E-state index >= 15 is 0 Å². The Hall–Kier alpha value is -1.31. The smallest absolute Gasteiger partial charge is 0.240 e. The number of ether oxygens (including phenoxy) is 3. The fourth-order valence-electron chi connectivity index (χ4n) is 2.79. The maximum Gasteiger partial charge on any atom is 0.240 e. The summed E-state index contributed by atoms with van der Waals surface area (Å²) in [4.78, 5) is 12.5. The second-order valence-electron chi connectivity index (χ2n) is 5.98. The van der Waals surface area contributed by atoms with Gasteiger partial charge in [0.25, 0.3) is 0 Å². The highest BCUT2D eigenvalue weighted by atomic mass is 79.9. The summed E-state index contributed by atoms with van der Waals surface area (Å²) in [6.07, 6.45) is 1.07. The average molecular weight is 385 g/mol. The molecule has 1 saturated heterocycles. The molecule has 3 rings (SSSR count). The Labute approximate surface area is 143 Å². The van der Waals surface area contributed by atoms with Gasteiger partial charge in [0.05, 0.1) is 11.6 Å². The summed E-state index contributed by atoms with van der Waals surface area (Å²) in [6.45, 7) is 4.04. The molecule has 0 radical (unpaired) electrons. The van der Waals surface area contributed by atoms with Crippen LogP contribution in [0, 0.1) is 0 Å². The van der Waals surface area contributed by atoms with Crippen molar-refractivity contribution in [2.45, 2.75) is 31.3 Å². The molecule has 126 valence electrons. The van der Waals surface area contributed by atoms with Gasteiger partial charge >= 0.3 is 0 Å². The number of benzene rings is 1. The summed E-state index contributed by atoms with van der Waals surface area (Å²) in [5.41, 5.74) is 6.30. The third-order valence-corrected chi connectivity index (χ3v) is 5.00. The molecule has 1 unspecified atom stereocenters. The van der Waals surface area contributed by atoms with Gasteiger partial charge in [-0.2, -0.15) is 0 Å². The van der Waals surface area contributed by atoms with E-state index in [4.69, 9.17) is 19.9 Å². The Kier molecular flexibility index (Phi) is 4.79. The van der Waals surface area contributed by atoms with Crippen LogP contribution in [0.2, 0.25) is 0 Å². The molecule has 1 aromatic carbocycles. The zero-order chi connectivity index (χ0) is 16.4. The maximum atomic E-state index is 12.5. The summed E-state index contributed by atoms with van der Waals surface area (Å²) < 4.78 is 17.3. The first-order valence-electron chi connectivity index (χ1n) is 7.76. The van der Waals surface area contributed by atoms with Crippen LogP contribution in [0.1, 0.15) is 31.4 Å². The van der Waals surface area contributed by atoms with Crippen molar-refractivity contribution in [3.8, 4) is 11.5 Å². The van der Waals surface area contributed by atoms with Crippen molar-refractivity contribution in [1.82, 2.24) is 5.32 Å². The Morgan fingerprint density at radius 1 is 1.22 bits per heavy atom. The number of amides is 1. The highest BCUT2D eigenvalue weighted by Gasteiger charge is 2.36. The van der Waals surface area contributed by atoms with Crippen molar-refractivity contribution < 1.29 is 19.0 Å². The maximum absolute atomic E-state index is 12.5. The van der Waals surface area contributed by atoms with Crippen LogP contribution < -0.4 is 20.5 Å². The van der Waals surface area contributed by atoms with E-state index in [1.807, 2.05) is 19.1 Å². The lowest BCUT2D eigenvalue weighted by Crippen LogP contribution is -2.57. The highest BCUT2D eigenvalue weighted by Crippen LogP contribution is 2.38. The average Bonchev–Trinajstić information content (AvgIpc) is 2.54. The largest absolute Gasteiger partial charge is 0.486 e. The molecule has 2 heterocycles. The van der Waals surface area contributed by atoms with Crippen molar-refractivity contribution in [3.05, 3.63) is 22.2 Å². The number of fused-ring (bicyclic) bond motifs is 1. The summed E-state index contributed by atoms with van der Waals surface area (Å²) >= 11 is 3.54.